The Morgan fingerprint density at radius 1 is 1.29 bits per heavy atom. The standard InChI is InChI=1S/C15H23NO/c1-15(2,12-17)14-8-9-16(11-14)10-13-6-4-3-5-7-13/h3-7,14,17H,8-12H2,1-2H3. The minimum Gasteiger partial charge on any atom is -0.396 e. The molecular weight excluding hydrogens is 210 g/mol. The van der Waals surface area contributed by atoms with Crippen LogP contribution in [0.15, 0.2) is 30.3 Å². The molecule has 0 saturated carbocycles. The fraction of sp³-hybridized carbons (Fsp3) is 0.600. The highest BCUT2D eigenvalue weighted by Crippen LogP contribution is 2.34. The second-order valence-electron chi connectivity index (χ2n) is 5.85. The van der Waals surface area contributed by atoms with Crippen LogP contribution >= 0.6 is 0 Å². The van der Waals surface area contributed by atoms with E-state index in [1.165, 1.54) is 12.0 Å². The van der Waals surface area contributed by atoms with Crippen molar-refractivity contribution in [3.63, 3.8) is 0 Å². The van der Waals surface area contributed by atoms with E-state index in [1.54, 1.807) is 0 Å². The third-order valence-electron chi connectivity index (χ3n) is 4.03. The quantitative estimate of drug-likeness (QED) is 0.864. The summed E-state index contributed by atoms with van der Waals surface area (Å²) in [5, 5.41) is 9.41. The SMILES string of the molecule is CC(C)(CO)C1CCN(Cc2ccccc2)C1. The molecule has 0 spiro atoms. The molecule has 2 rings (SSSR count). The zero-order valence-electron chi connectivity index (χ0n) is 10.9. The molecule has 0 amide bonds. The molecule has 1 aliphatic heterocycles. The van der Waals surface area contributed by atoms with Crippen molar-refractivity contribution < 1.29 is 5.11 Å². The van der Waals surface area contributed by atoms with E-state index in [-0.39, 0.29) is 12.0 Å². The highest BCUT2D eigenvalue weighted by molar-refractivity contribution is 5.14. The minimum atomic E-state index is 0.0610. The van der Waals surface area contributed by atoms with Crippen LogP contribution in [0.4, 0.5) is 0 Å². The Bertz CT molecular complexity index is 347. The number of rotatable bonds is 4. The number of hydrogen-bond acceptors (Lipinski definition) is 2. The van der Waals surface area contributed by atoms with E-state index in [1.807, 2.05) is 0 Å². The van der Waals surface area contributed by atoms with E-state index < -0.39 is 0 Å². The van der Waals surface area contributed by atoms with Crippen molar-refractivity contribution in [2.75, 3.05) is 19.7 Å². The van der Waals surface area contributed by atoms with Crippen molar-refractivity contribution in [1.82, 2.24) is 4.90 Å². The van der Waals surface area contributed by atoms with Crippen LogP contribution in [0.25, 0.3) is 0 Å². The summed E-state index contributed by atoms with van der Waals surface area (Å²) in [5.41, 5.74) is 1.45. The van der Waals surface area contributed by atoms with Crippen molar-refractivity contribution >= 4 is 0 Å². The van der Waals surface area contributed by atoms with Crippen molar-refractivity contribution in [1.29, 1.82) is 0 Å². The van der Waals surface area contributed by atoms with E-state index >= 15 is 0 Å². The molecule has 17 heavy (non-hydrogen) atoms. The van der Waals surface area contributed by atoms with Crippen LogP contribution in [0.2, 0.25) is 0 Å². The lowest BCUT2D eigenvalue weighted by Crippen LogP contribution is -2.30. The van der Waals surface area contributed by atoms with E-state index in [2.05, 4.69) is 49.1 Å². The largest absolute Gasteiger partial charge is 0.396 e. The fourth-order valence-electron chi connectivity index (χ4n) is 2.58. The molecule has 1 unspecified atom stereocenters. The third kappa shape index (κ3) is 3.08. The molecule has 1 atom stereocenters. The number of aliphatic hydroxyl groups excluding tert-OH is 1. The molecule has 2 heteroatoms. The molecule has 1 aromatic carbocycles. The summed E-state index contributed by atoms with van der Waals surface area (Å²) in [5.74, 6) is 0.621. The maximum Gasteiger partial charge on any atom is 0.0485 e. The monoisotopic (exact) mass is 233 g/mol. The van der Waals surface area contributed by atoms with Crippen LogP contribution in [0.3, 0.4) is 0 Å². The normalized spacial score (nSPS) is 21.9. The molecule has 0 bridgehead atoms. The van der Waals surface area contributed by atoms with Crippen molar-refractivity contribution in [3.05, 3.63) is 35.9 Å². The Hall–Kier alpha value is -0.860. The first kappa shape index (κ1) is 12.6. The predicted molar refractivity (Wildman–Crippen MR) is 70.7 cm³/mol. The van der Waals surface area contributed by atoms with Gasteiger partial charge in [-0.15, -0.1) is 0 Å². The molecule has 1 heterocycles. The van der Waals surface area contributed by atoms with Crippen LogP contribution in [-0.2, 0) is 6.54 Å². The molecular formula is C15H23NO. The van der Waals surface area contributed by atoms with Gasteiger partial charge in [-0.3, -0.25) is 4.90 Å². The lowest BCUT2D eigenvalue weighted by Gasteiger charge is -2.29. The Balaban J connectivity index is 1.91. The highest BCUT2D eigenvalue weighted by atomic mass is 16.3. The van der Waals surface area contributed by atoms with Gasteiger partial charge in [-0.2, -0.15) is 0 Å². The van der Waals surface area contributed by atoms with Gasteiger partial charge < -0.3 is 5.11 Å². The molecule has 0 radical (unpaired) electrons. The number of likely N-dealkylation sites (tertiary alicyclic amines) is 1. The van der Waals surface area contributed by atoms with Gasteiger partial charge in [-0.05, 0) is 29.9 Å². The zero-order chi connectivity index (χ0) is 12.3. The first-order valence-electron chi connectivity index (χ1n) is 6.49. The van der Waals surface area contributed by atoms with Gasteiger partial charge in [0, 0.05) is 19.7 Å². The molecule has 1 fully saturated rings. The molecule has 0 aliphatic carbocycles. The van der Waals surface area contributed by atoms with Crippen molar-refractivity contribution in [2.45, 2.75) is 26.8 Å². The van der Waals surface area contributed by atoms with Crippen molar-refractivity contribution in [2.24, 2.45) is 11.3 Å². The van der Waals surface area contributed by atoms with E-state index in [0.29, 0.717) is 5.92 Å². The summed E-state index contributed by atoms with van der Waals surface area (Å²) in [4.78, 5) is 2.50. The molecule has 1 N–H and O–H groups in total. The predicted octanol–water partition coefficient (Wildman–Crippen LogP) is 2.53. The molecule has 1 aromatic rings. The second kappa shape index (κ2) is 5.19. The van der Waals surface area contributed by atoms with Gasteiger partial charge >= 0.3 is 0 Å². The average Bonchev–Trinajstić information content (AvgIpc) is 2.80. The maximum absolute atomic E-state index is 9.41. The Morgan fingerprint density at radius 2 is 2.00 bits per heavy atom. The van der Waals surface area contributed by atoms with Gasteiger partial charge in [0.15, 0.2) is 0 Å². The molecule has 1 saturated heterocycles. The summed E-state index contributed by atoms with van der Waals surface area (Å²) in [6, 6.07) is 10.6. The third-order valence-corrected chi connectivity index (χ3v) is 4.03. The van der Waals surface area contributed by atoms with E-state index in [0.717, 1.165) is 19.6 Å². The molecule has 0 aromatic heterocycles. The topological polar surface area (TPSA) is 23.5 Å². The highest BCUT2D eigenvalue weighted by Gasteiger charge is 2.34. The van der Waals surface area contributed by atoms with Crippen LogP contribution in [0, 0.1) is 11.3 Å². The Labute approximate surface area is 104 Å². The molecule has 94 valence electrons. The lowest BCUT2D eigenvalue weighted by molar-refractivity contribution is 0.0980. The second-order valence-corrected chi connectivity index (χ2v) is 5.85. The van der Waals surface area contributed by atoms with Gasteiger partial charge in [0.1, 0.15) is 0 Å². The number of nitrogens with zero attached hydrogens (tertiary/aromatic N) is 1. The first-order valence-corrected chi connectivity index (χ1v) is 6.49. The number of aliphatic hydroxyl groups is 1. The van der Waals surface area contributed by atoms with E-state index in [9.17, 15) is 5.11 Å². The number of benzene rings is 1. The average molecular weight is 233 g/mol. The smallest absolute Gasteiger partial charge is 0.0485 e. The van der Waals surface area contributed by atoms with E-state index in [4.69, 9.17) is 0 Å². The summed E-state index contributed by atoms with van der Waals surface area (Å²) in [7, 11) is 0. The van der Waals surface area contributed by atoms with Gasteiger partial charge in [0.05, 0.1) is 0 Å². The Kier molecular flexibility index (Phi) is 3.85. The van der Waals surface area contributed by atoms with Crippen LogP contribution in [-0.4, -0.2) is 29.7 Å². The fourth-order valence-corrected chi connectivity index (χ4v) is 2.58. The van der Waals surface area contributed by atoms with Crippen LogP contribution in [0.5, 0.6) is 0 Å². The summed E-state index contributed by atoms with van der Waals surface area (Å²) >= 11 is 0. The maximum atomic E-state index is 9.41. The Morgan fingerprint density at radius 3 is 2.65 bits per heavy atom. The first-order chi connectivity index (χ1) is 8.12. The molecule has 2 nitrogen and oxygen atoms in total. The van der Waals surface area contributed by atoms with Gasteiger partial charge in [-0.1, -0.05) is 44.2 Å². The molecule has 1 aliphatic rings. The number of hydrogen-bond donors (Lipinski definition) is 1. The lowest BCUT2D eigenvalue weighted by atomic mass is 9.79. The van der Waals surface area contributed by atoms with Crippen LogP contribution < -0.4 is 0 Å². The summed E-state index contributed by atoms with van der Waals surface area (Å²) in [6.45, 7) is 7.94. The van der Waals surface area contributed by atoms with Gasteiger partial charge in [-0.25, -0.2) is 0 Å². The minimum absolute atomic E-state index is 0.0610. The zero-order valence-corrected chi connectivity index (χ0v) is 10.9. The van der Waals surface area contributed by atoms with Crippen LogP contribution in [0.1, 0.15) is 25.8 Å². The summed E-state index contributed by atoms with van der Waals surface area (Å²) < 4.78 is 0. The van der Waals surface area contributed by atoms with Crippen molar-refractivity contribution in [3.8, 4) is 0 Å². The summed E-state index contributed by atoms with van der Waals surface area (Å²) in [6.07, 6.45) is 1.21. The van der Waals surface area contributed by atoms with Gasteiger partial charge in [0.2, 0.25) is 0 Å². The van der Waals surface area contributed by atoms with Gasteiger partial charge in [0.25, 0.3) is 0 Å².